The van der Waals surface area contributed by atoms with Crippen LogP contribution in [-0.4, -0.2) is 57.2 Å². The van der Waals surface area contributed by atoms with Gasteiger partial charge >= 0.3 is 0 Å². The molecule has 1 aliphatic heterocycles. The summed E-state index contributed by atoms with van der Waals surface area (Å²) in [6.07, 6.45) is 1.13. The maximum absolute atomic E-state index is 4.39. The van der Waals surface area contributed by atoms with Crippen LogP contribution in [0.4, 0.5) is 5.69 Å². The Balaban J connectivity index is 1.38. The van der Waals surface area contributed by atoms with Crippen molar-refractivity contribution in [3.63, 3.8) is 0 Å². The van der Waals surface area contributed by atoms with E-state index in [1.54, 1.807) is 0 Å². The molecule has 1 heterocycles. The average molecular weight is 366 g/mol. The Morgan fingerprint density at radius 2 is 1.81 bits per heavy atom. The van der Waals surface area contributed by atoms with Crippen LogP contribution in [0.3, 0.4) is 0 Å². The van der Waals surface area contributed by atoms with Gasteiger partial charge in [-0.2, -0.15) is 0 Å². The second kappa shape index (κ2) is 9.97. The van der Waals surface area contributed by atoms with Crippen molar-refractivity contribution in [2.45, 2.75) is 19.0 Å². The summed E-state index contributed by atoms with van der Waals surface area (Å²) in [6, 6.07) is 21.6. The molecule has 2 aromatic rings. The predicted molar refractivity (Wildman–Crippen MR) is 114 cm³/mol. The monoisotopic (exact) mass is 365 g/mol. The first-order valence-corrected chi connectivity index (χ1v) is 9.74. The molecule has 1 fully saturated rings. The molecule has 0 aliphatic carbocycles. The number of guanidine groups is 1. The maximum atomic E-state index is 4.39. The molecule has 144 valence electrons. The topological polar surface area (TPSA) is 42.9 Å². The van der Waals surface area contributed by atoms with Gasteiger partial charge in [0.1, 0.15) is 0 Å². The quantitative estimate of drug-likeness (QED) is 0.585. The second-order valence-electron chi connectivity index (χ2n) is 7.13. The molecule has 0 saturated carbocycles. The zero-order valence-electron chi connectivity index (χ0n) is 16.4. The van der Waals surface area contributed by atoms with E-state index in [0.717, 1.165) is 45.1 Å². The number of benzene rings is 2. The Bertz CT molecular complexity index is 701. The van der Waals surface area contributed by atoms with Crippen LogP contribution in [0.15, 0.2) is 65.7 Å². The predicted octanol–water partition coefficient (Wildman–Crippen LogP) is 2.56. The minimum Gasteiger partial charge on any atom is -0.369 e. The van der Waals surface area contributed by atoms with Crippen LogP contribution in [-0.2, 0) is 6.54 Å². The van der Waals surface area contributed by atoms with Gasteiger partial charge in [0, 0.05) is 51.5 Å². The minimum atomic E-state index is 0.429. The number of hydrogen-bond acceptors (Lipinski definition) is 3. The number of anilines is 1. The van der Waals surface area contributed by atoms with Gasteiger partial charge in [-0.05, 0) is 31.2 Å². The van der Waals surface area contributed by atoms with Gasteiger partial charge in [0.15, 0.2) is 5.96 Å². The van der Waals surface area contributed by atoms with Crippen LogP contribution in [0.5, 0.6) is 0 Å². The lowest BCUT2D eigenvalue weighted by atomic mass is 10.2. The fraction of sp³-hybridized carbons (Fsp3) is 0.409. The number of rotatable bonds is 7. The summed E-state index contributed by atoms with van der Waals surface area (Å²) in [4.78, 5) is 9.14. The SMILES string of the molecule is CN=C(NCCN(C)Cc1ccccc1)NC1CCN(c2ccccc2)C1. The van der Waals surface area contributed by atoms with Crippen LogP contribution in [0.25, 0.3) is 0 Å². The van der Waals surface area contributed by atoms with Crippen LogP contribution in [0, 0.1) is 0 Å². The van der Waals surface area contributed by atoms with E-state index in [4.69, 9.17) is 0 Å². The molecule has 1 saturated heterocycles. The van der Waals surface area contributed by atoms with E-state index in [1.165, 1.54) is 11.3 Å². The molecule has 0 radical (unpaired) electrons. The third kappa shape index (κ3) is 6.00. The first kappa shape index (κ1) is 19.2. The number of nitrogens with zero attached hydrogens (tertiary/aromatic N) is 3. The highest BCUT2D eigenvalue weighted by Crippen LogP contribution is 2.19. The molecule has 0 amide bonds. The van der Waals surface area contributed by atoms with Crippen LogP contribution in [0.2, 0.25) is 0 Å². The summed E-state index contributed by atoms with van der Waals surface area (Å²) in [5.74, 6) is 0.892. The molecule has 0 spiro atoms. The van der Waals surface area contributed by atoms with Crippen molar-refractivity contribution < 1.29 is 0 Å². The zero-order chi connectivity index (χ0) is 18.9. The van der Waals surface area contributed by atoms with E-state index in [-0.39, 0.29) is 0 Å². The number of hydrogen-bond donors (Lipinski definition) is 2. The van der Waals surface area contributed by atoms with Crippen molar-refractivity contribution in [1.29, 1.82) is 0 Å². The second-order valence-corrected chi connectivity index (χ2v) is 7.13. The molecule has 0 aromatic heterocycles. The molecular weight excluding hydrogens is 334 g/mol. The lowest BCUT2D eigenvalue weighted by Gasteiger charge is -2.21. The highest BCUT2D eigenvalue weighted by Gasteiger charge is 2.23. The molecule has 5 heteroatoms. The summed E-state index contributed by atoms with van der Waals surface area (Å²) in [6.45, 7) is 4.90. The van der Waals surface area contributed by atoms with E-state index in [9.17, 15) is 0 Å². The van der Waals surface area contributed by atoms with Crippen LogP contribution < -0.4 is 15.5 Å². The minimum absolute atomic E-state index is 0.429. The molecule has 3 rings (SSSR count). The van der Waals surface area contributed by atoms with Crippen molar-refractivity contribution in [3.05, 3.63) is 66.2 Å². The van der Waals surface area contributed by atoms with Crippen molar-refractivity contribution in [2.24, 2.45) is 4.99 Å². The summed E-state index contributed by atoms with van der Waals surface area (Å²) >= 11 is 0. The molecule has 1 aliphatic rings. The van der Waals surface area contributed by atoms with Crippen molar-refractivity contribution >= 4 is 11.6 Å². The van der Waals surface area contributed by atoms with Gasteiger partial charge in [-0.1, -0.05) is 48.5 Å². The normalized spacial score (nSPS) is 17.4. The number of para-hydroxylation sites is 1. The highest BCUT2D eigenvalue weighted by molar-refractivity contribution is 5.80. The first-order valence-electron chi connectivity index (χ1n) is 9.74. The summed E-state index contributed by atoms with van der Waals surface area (Å²) in [5, 5.41) is 7.01. The Morgan fingerprint density at radius 1 is 1.11 bits per heavy atom. The van der Waals surface area contributed by atoms with E-state index >= 15 is 0 Å². The lowest BCUT2D eigenvalue weighted by Crippen LogP contribution is -2.46. The molecule has 2 N–H and O–H groups in total. The van der Waals surface area contributed by atoms with Crippen molar-refractivity contribution in [1.82, 2.24) is 15.5 Å². The van der Waals surface area contributed by atoms with Gasteiger partial charge in [0.05, 0.1) is 0 Å². The van der Waals surface area contributed by atoms with Gasteiger partial charge in [-0.25, -0.2) is 0 Å². The van der Waals surface area contributed by atoms with E-state index in [2.05, 4.69) is 93.1 Å². The molecule has 1 unspecified atom stereocenters. The smallest absolute Gasteiger partial charge is 0.191 e. The first-order chi connectivity index (χ1) is 13.2. The fourth-order valence-electron chi connectivity index (χ4n) is 3.48. The Morgan fingerprint density at radius 3 is 2.52 bits per heavy atom. The number of nitrogens with one attached hydrogen (secondary N) is 2. The van der Waals surface area contributed by atoms with Crippen molar-refractivity contribution in [2.75, 3.05) is 45.2 Å². The molecule has 0 bridgehead atoms. The van der Waals surface area contributed by atoms with Gasteiger partial charge in [0.25, 0.3) is 0 Å². The van der Waals surface area contributed by atoms with E-state index < -0.39 is 0 Å². The Hall–Kier alpha value is -2.53. The summed E-state index contributed by atoms with van der Waals surface area (Å²) in [7, 11) is 3.99. The van der Waals surface area contributed by atoms with Gasteiger partial charge < -0.3 is 20.4 Å². The van der Waals surface area contributed by atoms with Crippen LogP contribution >= 0.6 is 0 Å². The van der Waals surface area contributed by atoms with Gasteiger partial charge in [-0.3, -0.25) is 4.99 Å². The standard InChI is InChI=1S/C22H31N5/c1-23-22(24-14-16-26(2)17-19-9-5-3-6-10-19)25-20-13-15-27(18-20)21-11-7-4-8-12-21/h3-12,20H,13-18H2,1-2H3,(H2,23,24,25). The maximum Gasteiger partial charge on any atom is 0.191 e. The Labute approximate surface area is 163 Å². The molecule has 27 heavy (non-hydrogen) atoms. The fourth-order valence-corrected chi connectivity index (χ4v) is 3.48. The largest absolute Gasteiger partial charge is 0.369 e. The van der Waals surface area contributed by atoms with Crippen molar-refractivity contribution in [3.8, 4) is 0 Å². The molecule has 2 aromatic carbocycles. The zero-order valence-corrected chi connectivity index (χ0v) is 16.4. The van der Waals surface area contributed by atoms with Gasteiger partial charge in [0.2, 0.25) is 0 Å². The lowest BCUT2D eigenvalue weighted by molar-refractivity contribution is 0.331. The van der Waals surface area contributed by atoms with Gasteiger partial charge in [-0.15, -0.1) is 0 Å². The number of aliphatic imine (C=N–C) groups is 1. The Kier molecular flexibility index (Phi) is 7.11. The molecule has 1 atom stereocenters. The molecule has 5 nitrogen and oxygen atoms in total. The van der Waals surface area contributed by atoms with Crippen LogP contribution in [0.1, 0.15) is 12.0 Å². The summed E-state index contributed by atoms with van der Waals surface area (Å²) in [5.41, 5.74) is 2.64. The highest BCUT2D eigenvalue weighted by atomic mass is 15.2. The van der Waals surface area contributed by atoms with E-state index in [0.29, 0.717) is 6.04 Å². The third-order valence-electron chi connectivity index (χ3n) is 4.96. The van der Waals surface area contributed by atoms with E-state index in [1.807, 2.05) is 7.05 Å². The number of likely N-dealkylation sites (N-methyl/N-ethyl adjacent to an activating group) is 1. The molecular formula is C22H31N5. The summed E-state index contributed by atoms with van der Waals surface area (Å²) < 4.78 is 0. The third-order valence-corrected chi connectivity index (χ3v) is 4.96. The average Bonchev–Trinajstić information content (AvgIpc) is 3.17.